The van der Waals surface area contributed by atoms with Gasteiger partial charge >= 0.3 is 0 Å². The molecule has 1 N–H and O–H groups in total. The van der Waals surface area contributed by atoms with E-state index in [4.69, 9.17) is 0 Å². The van der Waals surface area contributed by atoms with E-state index in [9.17, 15) is 9.59 Å². The van der Waals surface area contributed by atoms with Gasteiger partial charge in [-0.25, -0.2) is 9.97 Å². The highest BCUT2D eigenvalue weighted by atomic mass is 32.2. The number of nitrogens with zero attached hydrogens (tertiary/aromatic N) is 3. The van der Waals surface area contributed by atoms with Crippen LogP contribution in [0.4, 0.5) is 5.95 Å². The SMILES string of the molecule is CN(CC1CCNCC1)c1nccc(/C=C2\SC(=O)CC2=O)n1. The maximum atomic E-state index is 11.7. The zero-order chi connectivity index (χ0) is 16.2. The summed E-state index contributed by atoms with van der Waals surface area (Å²) in [5, 5.41) is 3.27. The van der Waals surface area contributed by atoms with Crippen LogP contribution in [0, 0.1) is 5.92 Å². The third kappa shape index (κ3) is 4.17. The molecule has 3 rings (SSSR count). The van der Waals surface area contributed by atoms with Crippen LogP contribution < -0.4 is 10.2 Å². The molecule has 0 aromatic carbocycles. The summed E-state index contributed by atoms with van der Waals surface area (Å²) in [6.07, 6.45) is 5.70. The Bertz CT molecular complexity index is 641. The quantitative estimate of drug-likeness (QED) is 0.661. The molecule has 23 heavy (non-hydrogen) atoms. The molecule has 7 heteroatoms. The fourth-order valence-corrected chi connectivity index (χ4v) is 3.65. The lowest BCUT2D eigenvalue weighted by Crippen LogP contribution is -2.35. The van der Waals surface area contributed by atoms with Crippen molar-refractivity contribution in [2.75, 3.05) is 31.6 Å². The number of allylic oxidation sites excluding steroid dienone is 1. The number of Topliss-reactive ketones (excluding diaryl/α,β-unsaturated/α-hetero) is 1. The fourth-order valence-electron chi connectivity index (χ4n) is 2.84. The number of aromatic nitrogens is 2. The van der Waals surface area contributed by atoms with Crippen LogP contribution in [0.25, 0.3) is 6.08 Å². The summed E-state index contributed by atoms with van der Waals surface area (Å²) in [6.45, 7) is 3.06. The molecular formula is C16H20N4O2S. The highest BCUT2D eigenvalue weighted by molar-refractivity contribution is 8.18. The second-order valence-electron chi connectivity index (χ2n) is 5.94. The zero-order valence-electron chi connectivity index (χ0n) is 13.1. The maximum Gasteiger partial charge on any atom is 0.225 e. The van der Waals surface area contributed by atoms with Crippen LogP contribution >= 0.6 is 11.8 Å². The third-order valence-corrected chi connectivity index (χ3v) is 5.02. The van der Waals surface area contributed by atoms with Gasteiger partial charge in [0.15, 0.2) is 5.78 Å². The topological polar surface area (TPSA) is 75.2 Å². The number of anilines is 1. The Kier molecular flexibility index (Phi) is 5.07. The first-order valence-electron chi connectivity index (χ1n) is 7.82. The Hall–Kier alpha value is -1.73. The van der Waals surface area contributed by atoms with Crippen molar-refractivity contribution >= 4 is 34.7 Å². The summed E-state index contributed by atoms with van der Waals surface area (Å²) < 4.78 is 0. The minimum Gasteiger partial charge on any atom is -0.344 e. The number of hydrogen-bond acceptors (Lipinski definition) is 7. The van der Waals surface area contributed by atoms with Gasteiger partial charge in [-0.05, 0) is 55.8 Å². The number of carbonyl (C=O) groups excluding carboxylic acids is 2. The third-order valence-electron chi connectivity index (χ3n) is 4.08. The highest BCUT2D eigenvalue weighted by Crippen LogP contribution is 2.30. The van der Waals surface area contributed by atoms with E-state index in [0.717, 1.165) is 31.4 Å². The van der Waals surface area contributed by atoms with E-state index < -0.39 is 0 Å². The Labute approximate surface area is 139 Å². The predicted molar refractivity (Wildman–Crippen MR) is 91.1 cm³/mol. The average Bonchev–Trinajstić information content (AvgIpc) is 2.86. The monoisotopic (exact) mass is 332 g/mol. The van der Waals surface area contributed by atoms with E-state index in [1.54, 1.807) is 18.3 Å². The number of carbonyl (C=O) groups is 2. The molecule has 0 saturated carbocycles. The molecule has 2 aliphatic rings. The molecule has 0 atom stereocenters. The van der Waals surface area contributed by atoms with Crippen molar-refractivity contribution < 1.29 is 9.59 Å². The van der Waals surface area contributed by atoms with Gasteiger partial charge in [-0.3, -0.25) is 9.59 Å². The first kappa shape index (κ1) is 16.1. The summed E-state index contributed by atoms with van der Waals surface area (Å²) in [6, 6.07) is 1.76. The number of ketones is 1. The van der Waals surface area contributed by atoms with E-state index in [-0.39, 0.29) is 17.3 Å². The lowest BCUT2D eigenvalue weighted by atomic mass is 9.98. The van der Waals surface area contributed by atoms with Gasteiger partial charge in [0.05, 0.1) is 17.0 Å². The highest BCUT2D eigenvalue weighted by Gasteiger charge is 2.26. The molecule has 1 aromatic heterocycles. The molecular weight excluding hydrogens is 312 g/mol. The van der Waals surface area contributed by atoms with Crippen LogP contribution in [0.5, 0.6) is 0 Å². The molecule has 0 spiro atoms. The van der Waals surface area contributed by atoms with Gasteiger partial charge in [0, 0.05) is 19.8 Å². The molecule has 0 radical (unpaired) electrons. The van der Waals surface area contributed by atoms with E-state index in [0.29, 0.717) is 22.5 Å². The summed E-state index contributed by atoms with van der Waals surface area (Å²) in [5.41, 5.74) is 0.665. The molecule has 1 aromatic rings. The van der Waals surface area contributed by atoms with Crippen molar-refractivity contribution in [3.63, 3.8) is 0 Å². The maximum absolute atomic E-state index is 11.7. The fraction of sp³-hybridized carbons (Fsp3) is 0.500. The van der Waals surface area contributed by atoms with Crippen molar-refractivity contribution in [3.8, 4) is 0 Å². The molecule has 122 valence electrons. The van der Waals surface area contributed by atoms with Gasteiger partial charge in [0.25, 0.3) is 0 Å². The Morgan fingerprint density at radius 2 is 2.17 bits per heavy atom. The minimum absolute atomic E-state index is 0.00986. The van der Waals surface area contributed by atoms with Crippen molar-refractivity contribution in [1.29, 1.82) is 0 Å². The summed E-state index contributed by atoms with van der Waals surface area (Å²) >= 11 is 1.00. The number of rotatable bonds is 4. The van der Waals surface area contributed by atoms with E-state index in [2.05, 4.69) is 20.2 Å². The van der Waals surface area contributed by atoms with E-state index in [1.807, 2.05) is 7.05 Å². The predicted octanol–water partition coefficient (Wildman–Crippen LogP) is 1.49. The molecule has 0 amide bonds. The molecule has 2 aliphatic heterocycles. The first-order valence-corrected chi connectivity index (χ1v) is 8.64. The van der Waals surface area contributed by atoms with Gasteiger partial charge in [-0.1, -0.05) is 0 Å². The van der Waals surface area contributed by atoms with E-state index in [1.165, 1.54) is 12.8 Å². The van der Waals surface area contributed by atoms with Gasteiger partial charge in [0.2, 0.25) is 11.1 Å². The van der Waals surface area contributed by atoms with Gasteiger partial charge in [-0.15, -0.1) is 0 Å². The van der Waals surface area contributed by atoms with Crippen LogP contribution in [0.2, 0.25) is 0 Å². The normalized spacial score (nSPS) is 21.2. The van der Waals surface area contributed by atoms with Crippen LogP contribution in [0.1, 0.15) is 25.0 Å². The standard InChI is InChI=1S/C16H20N4O2S/c1-20(10-11-2-5-17-6-3-11)16-18-7-4-12(19-16)8-14-13(21)9-15(22)23-14/h4,7-8,11,17H,2-3,5-6,9-10H2,1H3/b14-8-. The number of thioether (sulfide) groups is 1. The summed E-state index contributed by atoms with van der Waals surface area (Å²) in [5.74, 6) is 1.18. The molecule has 0 bridgehead atoms. The lowest BCUT2D eigenvalue weighted by Gasteiger charge is -2.27. The molecule has 2 saturated heterocycles. The lowest BCUT2D eigenvalue weighted by molar-refractivity contribution is -0.119. The Balaban J connectivity index is 1.70. The smallest absolute Gasteiger partial charge is 0.225 e. The zero-order valence-corrected chi connectivity index (χ0v) is 13.9. The molecule has 0 aliphatic carbocycles. The van der Waals surface area contributed by atoms with Gasteiger partial charge < -0.3 is 10.2 Å². The van der Waals surface area contributed by atoms with Crippen LogP contribution in [-0.4, -0.2) is 47.5 Å². The largest absolute Gasteiger partial charge is 0.344 e. The second-order valence-corrected chi connectivity index (χ2v) is 7.04. The van der Waals surface area contributed by atoms with Crippen molar-refractivity contribution in [2.45, 2.75) is 19.3 Å². The number of hydrogen-bond donors (Lipinski definition) is 1. The molecule has 0 unspecified atom stereocenters. The molecule has 2 fully saturated rings. The first-order chi connectivity index (χ1) is 11.1. The molecule has 6 nitrogen and oxygen atoms in total. The number of nitrogens with one attached hydrogen (secondary N) is 1. The average molecular weight is 332 g/mol. The van der Waals surface area contributed by atoms with E-state index >= 15 is 0 Å². The molecule has 3 heterocycles. The second kappa shape index (κ2) is 7.23. The van der Waals surface area contributed by atoms with Crippen molar-refractivity contribution in [1.82, 2.24) is 15.3 Å². The van der Waals surface area contributed by atoms with Crippen LogP contribution in [-0.2, 0) is 9.59 Å². The summed E-state index contributed by atoms with van der Waals surface area (Å²) in [4.78, 5) is 34.4. The Morgan fingerprint density at radius 1 is 1.39 bits per heavy atom. The number of piperidine rings is 1. The summed E-state index contributed by atoms with van der Waals surface area (Å²) in [7, 11) is 1.99. The Morgan fingerprint density at radius 3 is 2.87 bits per heavy atom. The van der Waals surface area contributed by atoms with Gasteiger partial charge in [-0.2, -0.15) is 0 Å². The van der Waals surface area contributed by atoms with Crippen molar-refractivity contribution in [3.05, 3.63) is 22.9 Å². The van der Waals surface area contributed by atoms with Crippen LogP contribution in [0.3, 0.4) is 0 Å². The minimum atomic E-state index is -0.122. The van der Waals surface area contributed by atoms with Crippen molar-refractivity contribution in [2.24, 2.45) is 5.92 Å². The van der Waals surface area contributed by atoms with Gasteiger partial charge in [0.1, 0.15) is 0 Å². The van der Waals surface area contributed by atoms with Crippen LogP contribution in [0.15, 0.2) is 17.2 Å².